The molecule has 0 aliphatic heterocycles. The average molecular weight is 218 g/mol. The molecule has 1 aromatic heterocycles. The summed E-state index contributed by atoms with van der Waals surface area (Å²) in [4.78, 5) is 0. The van der Waals surface area contributed by atoms with E-state index in [1.54, 1.807) is 5.38 Å². The first-order valence-corrected chi connectivity index (χ1v) is 4.64. The molecule has 0 atom stereocenters. The van der Waals surface area contributed by atoms with Gasteiger partial charge in [0.05, 0.1) is 5.56 Å². The van der Waals surface area contributed by atoms with E-state index in [1.807, 2.05) is 0 Å². The summed E-state index contributed by atoms with van der Waals surface area (Å²) in [6, 6.07) is 3.48. The normalized spacial score (nSPS) is 12.2. The molecule has 1 nitrogen and oxygen atoms in total. The fraction of sp³-hybridized carbons (Fsp3) is 0.111. The number of thiophene rings is 1. The molecule has 0 spiro atoms. The minimum atomic E-state index is -4.42. The van der Waals surface area contributed by atoms with Crippen molar-refractivity contribution in [3.8, 4) is 5.75 Å². The van der Waals surface area contributed by atoms with Crippen molar-refractivity contribution in [2.75, 3.05) is 0 Å². The van der Waals surface area contributed by atoms with Gasteiger partial charge in [0, 0.05) is 10.1 Å². The van der Waals surface area contributed by atoms with Crippen LogP contribution < -0.4 is 0 Å². The molecule has 74 valence electrons. The number of hydrogen-bond donors (Lipinski definition) is 1. The van der Waals surface area contributed by atoms with E-state index in [0.717, 1.165) is 6.07 Å². The smallest absolute Gasteiger partial charge is 0.417 e. The monoisotopic (exact) mass is 218 g/mol. The first-order chi connectivity index (χ1) is 6.48. The van der Waals surface area contributed by atoms with E-state index in [0.29, 0.717) is 4.70 Å². The number of phenols is 1. The van der Waals surface area contributed by atoms with Crippen LogP contribution in [0.4, 0.5) is 13.2 Å². The number of halogens is 3. The molecule has 2 aromatic rings. The standard InChI is InChI=1S/C9H5F3OS/c10-9(11,12)7-3-5(13)4-8-6(7)1-2-14-8/h1-4,13H. The number of rotatable bonds is 0. The van der Waals surface area contributed by atoms with Gasteiger partial charge in [0.15, 0.2) is 0 Å². The second-order valence-corrected chi connectivity index (χ2v) is 3.77. The van der Waals surface area contributed by atoms with E-state index in [9.17, 15) is 13.2 Å². The molecular weight excluding hydrogens is 213 g/mol. The topological polar surface area (TPSA) is 20.2 Å². The Morgan fingerprint density at radius 2 is 1.93 bits per heavy atom. The largest absolute Gasteiger partial charge is 0.508 e. The van der Waals surface area contributed by atoms with Gasteiger partial charge in [-0.1, -0.05) is 0 Å². The molecule has 1 heterocycles. The summed E-state index contributed by atoms with van der Waals surface area (Å²) in [6.07, 6.45) is -4.42. The van der Waals surface area contributed by atoms with Crippen LogP contribution in [0.2, 0.25) is 0 Å². The summed E-state index contributed by atoms with van der Waals surface area (Å²) < 4.78 is 37.8. The Hall–Kier alpha value is -1.23. The van der Waals surface area contributed by atoms with Crippen LogP contribution in [0.15, 0.2) is 23.6 Å². The quantitative estimate of drug-likeness (QED) is 0.715. The lowest BCUT2D eigenvalue weighted by Gasteiger charge is -2.08. The molecule has 0 fully saturated rings. The summed E-state index contributed by atoms with van der Waals surface area (Å²) in [5, 5.41) is 10.8. The van der Waals surface area contributed by atoms with Gasteiger partial charge >= 0.3 is 6.18 Å². The van der Waals surface area contributed by atoms with Gasteiger partial charge in [-0.15, -0.1) is 11.3 Å². The summed E-state index contributed by atoms with van der Waals surface area (Å²) >= 11 is 1.17. The zero-order valence-corrected chi connectivity index (χ0v) is 7.62. The van der Waals surface area contributed by atoms with Gasteiger partial charge in [0.25, 0.3) is 0 Å². The lowest BCUT2D eigenvalue weighted by molar-refractivity contribution is -0.136. The Morgan fingerprint density at radius 3 is 2.57 bits per heavy atom. The van der Waals surface area contributed by atoms with Gasteiger partial charge in [-0.25, -0.2) is 0 Å². The third kappa shape index (κ3) is 1.43. The molecule has 14 heavy (non-hydrogen) atoms. The first kappa shape index (κ1) is 9.33. The molecule has 2 rings (SSSR count). The number of fused-ring (bicyclic) bond motifs is 1. The predicted molar refractivity (Wildman–Crippen MR) is 48.5 cm³/mol. The molecule has 5 heteroatoms. The minimum Gasteiger partial charge on any atom is -0.508 e. The van der Waals surface area contributed by atoms with Crippen molar-refractivity contribution in [1.82, 2.24) is 0 Å². The molecular formula is C9H5F3OS. The van der Waals surface area contributed by atoms with Crippen molar-refractivity contribution >= 4 is 21.4 Å². The molecule has 0 radical (unpaired) electrons. The lowest BCUT2D eigenvalue weighted by atomic mass is 10.1. The van der Waals surface area contributed by atoms with Crippen LogP contribution >= 0.6 is 11.3 Å². The van der Waals surface area contributed by atoms with Crippen LogP contribution in [0.1, 0.15) is 5.56 Å². The van der Waals surface area contributed by atoms with Crippen molar-refractivity contribution in [3.63, 3.8) is 0 Å². The molecule has 0 saturated heterocycles. The van der Waals surface area contributed by atoms with Gasteiger partial charge in [-0.3, -0.25) is 0 Å². The Kier molecular flexibility index (Phi) is 1.92. The fourth-order valence-electron chi connectivity index (χ4n) is 1.29. The van der Waals surface area contributed by atoms with Gasteiger partial charge in [0.2, 0.25) is 0 Å². The number of aromatic hydroxyl groups is 1. The lowest BCUT2D eigenvalue weighted by Crippen LogP contribution is -2.04. The van der Waals surface area contributed by atoms with Gasteiger partial charge < -0.3 is 5.11 Å². The third-order valence-corrected chi connectivity index (χ3v) is 2.73. The maximum atomic E-state index is 12.5. The molecule has 0 bridgehead atoms. The van der Waals surface area contributed by atoms with Crippen molar-refractivity contribution in [2.45, 2.75) is 6.18 Å². The van der Waals surface area contributed by atoms with Crippen molar-refractivity contribution < 1.29 is 18.3 Å². The minimum absolute atomic E-state index is 0.139. The van der Waals surface area contributed by atoms with E-state index >= 15 is 0 Å². The summed E-state index contributed by atoms with van der Waals surface area (Å²) in [5.41, 5.74) is -0.784. The highest BCUT2D eigenvalue weighted by Crippen LogP contribution is 2.38. The highest BCUT2D eigenvalue weighted by atomic mass is 32.1. The molecule has 1 aromatic carbocycles. The van der Waals surface area contributed by atoms with Crippen molar-refractivity contribution in [1.29, 1.82) is 0 Å². The Balaban J connectivity index is 2.80. The van der Waals surface area contributed by atoms with Crippen LogP contribution in [-0.4, -0.2) is 5.11 Å². The van der Waals surface area contributed by atoms with Crippen LogP contribution in [-0.2, 0) is 6.18 Å². The van der Waals surface area contributed by atoms with Crippen molar-refractivity contribution in [2.24, 2.45) is 0 Å². The third-order valence-electron chi connectivity index (χ3n) is 1.86. The van der Waals surface area contributed by atoms with Gasteiger partial charge in [0.1, 0.15) is 5.75 Å². The summed E-state index contributed by atoms with van der Waals surface area (Å²) in [7, 11) is 0. The summed E-state index contributed by atoms with van der Waals surface area (Å²) in [5.74, 6) is -0.354. The zero-order valence-electron chi connectivity index (χ0n) is 6.80. The van der Waals surface area contributed by atoms with Crippen molar-refractivity contribution in [3.05, 3.63) is 29.1 Å². The van der Waals surface area contributed by atoms with Crippen LogP contribution in [0.5, 0.6) is 5.75 Å². The fourth-order valence-corrected chi connectivity index (χ4v) is 2.14. The summed E-state index contributed by atoms with van der Waals surface area (Å²) in [6.45, 7) is 0. The second kappa shape index (κ2) is 2.88. The molecule has 0 aliphatic carbocycles. The second-order valence-electron chi connectivity index (χ2n) is 2.82. The number of phenolic OH excluding ortho intramolecular Hbond substituents is 1. The van der Waals surface area contributed by atoms with Crippen LogP contribution in [0.3, 0.4) is 0 Å². The zero-order chi connectivity index (χ0) is 10.3. The van der Waals surface area contributed by atoms with Crippen LogP contribution in [0.25, 0.3) is 10.1 Å². The SMILES string of the molecule is Oc1cc(C(F)(F)F)c2ccsc2c1. The van der Waals surface area contributed by atoms with Gasteiger partial charge in [-0.05, 0) is 23.6 Å². The van der Waals surface area contributed by atoms with E-state index in [4.69, 9.17) is 5.11 Å². The number of benzene rings is 1. The molecule has 0 amide bonds. The molecule has 0 aliphatic rings. The highest BCUT2D eigenvalue weighted by molar-refractivity contribution is 7.17. The maximum Gasteiger partial charge on any atom is 0.417 e. The van der Waals surface area contributed by atoms with E-state index in [2.05, 4.69) is 0 Å². The van der Waals surface area contributed by atoms with E-state index in [1.165, 1.54) is 23.5 Å². The number of hydrogen-bond acceptors (Lipinski definition) is 2. The first-order valence-electron chi connectivity index (χ1n) is 3.76. The molecule has 0 saturated carbocycles. The maximum absolute atomic E-state index is 12.5. The molecule has 1 N–H and O–H groups in total. The Bertz CT molecular complexity index is 472. The van der Waals surface area contributed by atoms with E-state index in [-0.39, 0.29) is 11.1 Å². The Morgan fingerprint density at radius 1 is 1.21 bits per heavy atom. The predicted octanol–water partition coefficient (Wildman–Crippen LogP) is 3.63. The van der Waals surface area contributed by atoms with Crippen LogP contribution in [0, 0.1) is 0 Å². The number of alkyl halides is 3. The molecule has 0 unspecified atom stereocenters. The van der Waals surface area contributed by atoms with E-state index < -0.39 is 11.7 Å². The Labute approximate surface area is 81.4 Å². The van der Waals surface area contributed by atoms with Gasteiger partial charge in [-0.2, -0.15) is 13.2 Å². The average Bonchev–Trinajstić information content (AvgIpc) is 2.47. The highest BCUT2D eigenvalue weighted by Gasteiger charge is 2.33.